The van der Waals surface area contributed by atoms with E-state index in [1.54, 1.807) is 0 Å². The molecule has 1 aliphatic carbocycles. The van der Waals surface area contributed by atoms with Crippen LogP contribution in [0.4, 0.5) is 0 Å². The maximum atomic E-state index is 2.54. The molecular weight excluding hydrogens is 360 g/mol. The van der Waals surface area contributed by atoms with Crippen molar-refractivity contribution in [1.29, 1.82) is 0 Å². The highest BCUT2D eigenvalue weighted by Gasteiger charge is 2.32. The minimum absolute atomic E-state index is 0.623. The van der Waals surface area contributed by atoms with E-state index in [0.29, 0.717) is 17.8 Å². The SMILES string of the molecule is CCCCC=CC1C=CC(CC)C(C=CC=CCCCCCCCC)C1CCCC. The molecule has 0 heteroatoms. The lowest BCUT2D eigenvalue weighted by Crippen LogP contribution is -2.29. The van der Waals surface area contributed by atoms with Crippen LogP contribution >= 0.6 is 0 Å². The first-order valence-electron chi connectivity index (χ1n) is 13.5. The molecule has 0 nitrogen and oxygen atoms in total. The van der Waals surface area contributed by atoms with Gasteiger partial charge in [0.25, 0.3) is 0 Å². The maximum Gasteiger partial charge on any atom is -0.00193 e. The van der Waals surface area contributed by atoms with Gasteiger partial charge in [-0.2, -0.15) is 0 Å². The van der Waals surface area contributed by atoms with E-state index in [4.69, 9.17) is 0 Å². The number of unbranched alkanes of at least 4 members (excludes halogenated alkanes) is 9. The molecule has 0 aromatic heterocycles. The molecule has 1 aliphatic rings. The molecular formula is C30H52. The average Bonchev–Trinajstić information content (AvgIpc) is 2.77. The van der Waals surface area contributed by atoms with Gasteiger partial charge in [0.1, 0.15) is 0 Å². The highest BCUT2D eigenvalue weighted by Crippen LogP contribution is 2.40. The molecule has 0 fully saturated rings. The Hall–Kier alpha value is -1.04. The fraction of sp³-hybridized carbons (Fsp3) is 0.733. The Morgan fingerprint density at radius 1 is 0.633 bits per heavy atom. The van der Waals surface area contributed by atoms with E-state index in [9.17, 15) is 0 Å². The summed E-state index contributed by atoms with van der Waals surface area (Å²) >= 11 is 0. The van der Waals surface area contributed by atoms with E-state index in [2.05, 4.69) is 76.3 Å². The van der Waals surface area contributed by atoms with Crippen molar-refractivity contribution in [3.63, 3.8) is 0 Å². The van der Waals surface area contributed by atoms with E-state index in [-0.39, 0.29) is 0 Å². The van der Waals surface area contributed by atoms with Crippen molar-refractivity contribution >= 4 is 0 Å². The first-order chi connectivity index (χ1) is 14.8. The zero-order chi connectivity index (χ0) is 21.9. The van der Waals surface area contributed by atoms with Crippen LogP contribution in [-0.4, -0.2) is 0 Å². The van der Waals surface area contributed by atoms with Crippen molar-refractivity contribution in [3.8, 4) is 0 Å². The van der Waals surface area contributed by atoms with Crippen molar-refractivity contribution in [1.82, 2.24) is 0 Å². The fourth-order valence-corrected chi connectivity index (χ4v) is 4.83. The predicted molar refractivity (Wildman–Crippen MR) is 138 cm³/mol. The second-order valence-electron chi connectivity index (χ2n) is 9.36. The molecule has 0 aliphatic heterocycles. The van der Waals surface area contributed by atoms with Gasteiger partial charge in [-0.25, -0.2) is 0 Å². The largest absolute Gasteiger partial charge is 0.0879 e. The van der Waals surface area contributed by atoms with Gasteiger partial charge in [0.15, 0.2) is 0 Å². The molecule has 0 saturated heterocycles. The van der Waals surface area contributed by atoms with Gasteiger partial charge < -0.3 is 0 Å². The lowest BCUT2D eigenvalue weighted by Gasteiger charge is -2.37. The van der Waals surface area contributed by atoms with Gasteiger partial charge in [-0.15, -0.1) is 0 Å². The van der Waals surface area contributed by atoms with Crippen molar-refractivity contribution in [2.24, 2.45) is 23.7 Å². The van der Waals surface area contributed by atoms with Crippen LogP contribution < -0.4 is 0 Å². The summed E-state index contributed by atoms with van der Waals surface area (Å²) in [7, 11) is 0. The summed E-state index contributed by atoms with van der Waals surface area (Å²) in [5.41, 5.74) is 0. The summed E-state index contributed by atoms with van der Waals surface area (Å²) in [5, 5.41) is 0. The molecule has 0 spiro atoms. The third-order valence-electron chi connectivity index (χ3n) is 6.81. The highest BCUT2D eigenvalue weighted by molar-refractivity contribution is 5.17. The molecule has 4 atom stereocenters. The van der Waals surface area contributed by atoms with Crippen LogP contribution in [-0.2, 0) is 0 Å². The monoisotopic (exact) mass is 412 g/mol. The van der Waals surface area contributed by atoms with Crippen molar-refractivity contribution in [2.45, 2.75) is 118 Å². The molecule has 0 aromatic rings. The number of rotatable bonds is 17. The smallest absolute Gasteiger partial charge is 0.00193 e. The minimum Gasteiger partial charge on any atom is -0.0879 e. The molecule has 30 heavy (non-hydrogen) atoms. The summed E-state index contributed by atoms with van der Waals surface area (Å²) < 4.78 is 0. The third-order valence-corrected chi connectivity index (χ3v) is 6.81. The molecule has 0 N–H and O–H groups in total. The third kappa shape index (κ3) is 11.4. The first kappa shape index (κ1) is 27.0. The van der Waals surface area contributed by atoms with Crippen LogP contribution in [0, 0.1) is 23.7 Å². The molecule has 0 saturated carbocycles. The standard InChI is InChI=1S/C30H52/c1-5-9-12-14-15-16-17-18-19-21-24-29-27(8-4)25-26-28(22-20-13-10-6-2)30(29)23-11-7-3/h18-22,24-30H,5-17,23H2,1-4H3. The second kappa shape index (κ2) is 18.7. The molecule has 1 rings (SSSR count). The van der Waals surface area contributed by atoms with Crippen LogP contribution in [0.1, 0.15) is 118 Å². The van der Waals surface area contributed by atoms with E-state index in [1.165, 1.54) is 89.9 Å². The Bertz CT molecular complexity index is 492. The van der Waals surface area contributed by atoms with Crippen molar-refractivity contribution in [3.05, 3.63) is 48.6 Å². The quantitative estimate of drug-likeness (QED) is 0.127. The molecule has 0 bridgehead atoms. The molecule has 172 valence electrons. The van der Waals surface area contributed by atoms with E-state index in [1.807, 2.05) is 0 Å². The van der Waals surface area contributed by atoms with Gasteiger partial charge in [-0.1, -0.05) is 134 Å². The molecule has 4 unspecified atom stereocenters. The van der Waals surface area contributed by atoms with Gasteiger partial charge in [0, 0.05) is 0 Å². The molecule has 0 heterocycles. The summed E-state index contributed by atoms with van der Waals surface area (Å²) in [6, 6.07) is 0. The van der Waals surface area contributed by atoms with Crippen LogP contribution in [0.15, 0.2) is 48.6 Å². The number of allylic oxidation sites excluding steroid dienone is 8. The van der Waals surface area contributed by atoms with Crippen LogP contribution in [0.25, 0.3) is 0 Å². The van der Waals surface area contributed by atoms with Crippen LogP contribution in [0.2, 0.25) is 0 Å². The fourth-order valence-electron chi connectivity index (χ4n) is 4.83. The normalized spacial score (nSPS) is 24.7. The minimum atomic E-state index is 0.623. The highest BCUT2D eigenvalue weighted by atomic mass is 14.4. The number of hydrogen-bond donors (Lipinski definition) is 0. The van der Waals surface area contributed by atoms with E-state index >= 15 is 0 Å². The summed E-state index contributed by atoms with van der Waals surface area (Å²) in [6.45, 7) is 9.26. The lowest BCUT2D eigenvalue weighted by atomic mass is 9.67. The average molecular weight is 413 g/mol. The van der Waals surface area contributed by atoms with Crippen LogP contribution in [0.3, 0.4) is 0 Å². The lowest BCUT2D eigenvalue weighted by molar-refractivity contribution is 0.239. The van der Waals surface area contributed by atoms with Crippen molar-refractivity contribution in [2.75, 3.05) is 0 Å². The van der Waals surface area contributed by atoms with E-state index in [0.717, 1.165) is 5.92 Å². The zero-order valence-corrected chi connectivity index (χ0v) is 20.8. The van der Waals surface area contributed by atoms with Gasteiger partial charge in [0.2, 0.25) is 0 Å². The van der Waals surface area contributed by atoms with Gasteiger partial charge in [-0.3, -0.25) is 0 Å². The molecule has 0 radical (unpaired) electrons. The van der Waals surface area contributed by atoms with Crippen LogP contribution in [0.5, 0.6) is 0 Å². The predicted octanol–water partition coefficient (Wildman–Crippen LogP) is 10.2. The van der Waals surface area contributed by atoms with Crippen molar-refractivity contribution < 1.29 is 0 Å². The second-order valence-corrected chi connectivity index (χ2v) is 9.36. The Balaban J connectivity index is 2.64. The summed E-state index contributed by atoms with van der Waals surface area (Å²) in [6.07, 6.45) is 38.3. The van der Waals surface area contributed by atoms with Gasteiger partial charge >= 0.3 is 0 Å². The Labute approximate surface area is 190 Å². The van der Waals surface area contributed by atoms with E-state index < -0.39 is 0 Å². The number of hydrogen-bond acceptors (Lipinski definition) is 0. The summed E-state index contributed by atoms with van der Waals surface area (Å²) in [5.74, 6) is 2.78. The van der Waals surface area contributed by atoms with Gasteiger partial charge in [-0.05, 0) is 55.8 Å². The Morgan fingerprint density at radius 3 is 2.07 bits per heavy atom. The zero-order valence-electron chi connectivity index (χ0n) is 20.8. The topological polar surface area (TPSA) is 0 Å². The summed E-state index contributed by atoms with van der Waals surface area (Å²) in [4.78, 5) is 0. The molecule has 0 aromatic carbocycles. The Morgan fingerprint density at radius 2 is 1.33 bits per heavy atom. The maximum absolute atomic E-state index is 2.54. The Kier molecular flexibility index (Phi) is 16.8. The molecule has 0 amide bonds. The van der Waals surface area contributed by atoms with Gasteiger partial charge in [0.05, 0.1) is 0 Å². The first-order valence-corrected chi connectivity index (χ1v) is 13.5.